The van der Waals surface area contributed by atoms with Crippen LogP contribution in [0.3, 0.4) is 0 Å². The van der Waals surface area contributed by atoms with Gasteiger partial charge in [-0.05, 0) is 43.2 Å². The zero-order chi connectivity index (χ0) is 22.0. The molecule has 164 valence electrons. The summed E-state index contributed by atoms with van der Waals surface area (Å²) < 4.78 is 43.0. The molecule has 2 aromatic carbocycles. The van der Waals surface area contributed by atoms with Crippen LogP contribution in [0.1, 0.15) is 18.4 Å². The van der Waals surface area contributed by atoms with Gasteiger partial charge in [-0.2, -0.15) is 0 Å². The first-order valence-electron chi connectivity index (χ1n) is 9.53. The molecule has 9 heteroatoms. The van der Waals surface area contributed by atoms with Gasteiger partial charge >= 0.3 is 0 Å². The lowest BCUT2D eigenvalue weighted by atomic mass is 10.2. The first-order chi connectivity index (χ1) is 14.4. The van der Waals surface area contributed by atoms with Crippen LogP contribution in [-0.4, -0.2) is 48.2 Å². The SMILES string of the molecule is COc1ccc(S(=O)(=O)NCCC(=O)NCCCOc2cccc(C)c2)cc1OC. The Morgan fingerprint density at radius 3 is 2.47 bits per heavy atom. The molecule has 0 atom stereocenters. The largest absolute Gasteiger partial charge is 0.494 e. The molecular weight excluding hydrogens is 408 g/mol. The highest BCUT2D eigenvalue weighted by Crippen LogP contribution is 2.29. The lowest BCUT2D eigenvalue weighted by molar-refractivity contribution is -0.120. The van der Waals surface area contributed by atoms with E-state index in [4.69, 9.17) is 14.2 Å². The number of carbonyl (C=O) groups excluding carboxylic acids is 1. The Morgan fingerprint density at radius 2 is 1.77 bits per heavy atom. The fourth-order valence-electron chi connectivity index (χ4n) is 2.65. The molecule has 1 amide bonds. The predicted molar refractivity (Wildman–Crippen MR) is 114 cm³/mol. The molecular formula is C21H28N2O6S. The minimum atomic E-state index is -3.76. The van der Waals surface area contributed by atoms with Gasteiger partial charge in [-0.15, -0.1) is 0 Å². The van der Waals surface area contributed by atoms with Gasteiger partial charge in [0.05, 0.1) is 25.7 Å². The molecule has 2 aromatic rings. The summed E-state index contributed by atoms with van der Waals surface area (Å²) in [5, 5.41) is 2.75. The van der Waals surface area contributed by atoms with Crippen molar-refractivity contribution in [2.45, 2.75) is 24.7 Å². The predicted octanol–water partition coefficient (Wildman–Crippen LogP) is 2.27. The zero-order valence-electron chi connectivity index (χ0n) is 17.4. The average Bonchev–Trinajstić information content (AvgIpc) is 2.72. The fraction of sp³-hybridized carbons (Fsp3) is 0.381. The number of methoxy groups -OCH3 is 2. The minimum Gasteiger partial charge on any atom is -0.494 e. The summed E-state index contributed by atoms with van der Waals surface area (Å²) in [5.41, 5.74) is 1.12. The zero-order valence-corrected chi connectivity index (χ0v) is 18.3. The summed E-state index contributed by atoms with van der Waals surface area (Å²) in [5.74, 6) is 1.31. The van der Waals surface area contributed by atoms with Crippen LogP contribution in [0.5, 0.6) is 17.2 Å². The van der Waals surface area contributed by atoms with Gasteiger partial charge in [-0.25, -0.2) is 13.1 Å². The van der Waals surface area contributed by atoms with Crippen LogP contribution in [0, 0.1) is 6.92 Å². The third-order valence-electron chi connectivity index (χ3n) is 4.21. The van der Waals surface area contributed by atoms with E-state index in [1.807, 2.05) is 31.2 Å². The van der Waals surface area contributed by atoms with Crippen LogP contribution < -0.4 is 24.2 Å². The maximum atomic E-state index is 12.4. The molecule has 0 fully saturated rings. The van der Waals surface area contributed by atoms with Crippen LogP contribution in [0.2, 0.25) is 0 Å². The molecule has 0 unspecified atom stereocenters. The lowest BCUT2D eigenvalue weighted by Gasteiger charge is -2.11. The first kappa shape index (κ1) is 23.5. The van der Waals surface area contributed by atoms with Crippen molar-refractivity contribution >= 4 is 15.9 Å². The molecule has 2 rings (SSSR count). The number of carbonyl (C=O) groups is 1. The third kappa shape index (κ3) is 7.23. The number of aryl methyl sites for hydroxylation is 1. The second kappa shape index (κ2) is 11.4. The van der Waals surface area contributed by atoms with Gasteiger partial charge < -0.3 is 19.5 Å². The molecule has 0 saturated carbocycles. The van der Waals surface area contributed by atoms with Gasteiger partial charge in [0, 0.05) is 25.6 Å². The second-order valence-corrected chi connectivity index (χ2v) is 8.30. The maximum absolute atomic E-state index is 12.4. The molecule has 0 aromatic heterocycles. The van der Waals surface area contributed by atoms with Crippen molar-refractivity contribution in [1.82, 2.24) is 10.0 Å². The van der Waals surface area contributed by atoms with Crippen LogP contribution in [0.4, 0.5) is 0 Å². The second-order valence-electron chi connectivity index (χ2n) is 6.53. The quantitative estimate of drug-likeness (QED) is 0.495. The van der Waals surface area contributed by atoms with Gasteiger partial charge in [0.2, 0.25) is 15.9 Å². The van der Waals surface area contributed by atoms with E-state index >= 15 is 0 Å². The molecule has 2 N–H and O–H groups in total. The highest BCUT2D eigenvalue weighted by atomic mass is 32.2. The number of benzene rings is 2. The van der Waals surface area contributed by atoms with Crippen molar-refractivity contribution in [2.75, 3.05) is 33.9 Å². The normalized spacial score (nSPS) is 11.0. The topological polar surface area (TPSA) is 103 Å². The van der Waals surface area contributed by atoms with Crippen molar-refractivity contribution in [1.29, 1.82) is 0 Å². The number of sulfonamides is 1. The molecule has 0 aliphatic carbocycles. The van der Waals surface area contributed by atoms with E-state index < -0.39 is 10.0 Å². The fourth-order valence-corrected chi connectivity index (χ4v) is 3.70. The average molecular weight is 437 g/mol. The summed E-state index contributed by atoms with van der Waals surface area (Å²) in [6, 6.07) is 12.0. The van der Waals surface area contributed by atoms with Crippen LogP contribution in [0.25, 0.3) is 0 Å². The van der Waals surface area contributed by atoms with Crippen molar-refractivity contribution in [3.05, 3.63) is 48.0 Å². The van der Waals surface area contributed by atoms with Crippen molar-refractivity contribution in [3.8, 4) is 17.2 Å². The Balaban J connectivity index is 1.69. The Hall–Kier alpha value is -2.78. The summed E-state index contributed by atoms with van der Waals surface area (Å²) in [6.07, 6.45) is 0.683. The van der Waals surface area contributed by atoms with Gasteiger partial charge in [0.25, 0.3) is 0 Å². The molecule has 0 aliphatic heterocycles. The van der Waals surface area contributed by atoms with Crippen LogP contribution >= 0.6 is 0 Å². The van der Waals surface area contributed by atoms with Gasteiger partial charge in [-0.3, -0.25) is 4.79 Å². The number of rotatable bonds is 12. The monoisotopic (exact) mass is 436 g/mol. The van der Waals surface area contributed by atoms with Crippen LogP contribution in [-0.2, 0) is 14.8 Å². The molecule has 0 saturated heterocycles. The van der Waals surface area contributed by atoms with E-state index in [1.165, 1.54) is 32.4 Å². The third-order valence-corrected chi connectivity index (χ3v) is 5.67. The highest BCUT2D eigenvalue weighted by molar-refractivity contribution is 7.89. The summed E-state index contributed by atoms with van der Waals surface area (Å²) in [7, 11) is -0.864. The Morgan fingerprint density at radius 1 is 1.00 bits per heavy atom. The Bertz CT molecular complexity index is 946. The Labute approximate surface area is 177 Å². The number of amides is 1. The smallest absolute Gasteiger partial charge is 0.240 e. The molecule has 0 aliphatic rings. The minimum absolute atomic E-state index is 0.0116. The molecule has 8 nitrogen and oxygen atoms in total. The molecule has 0 spiro atoms. The van der Waals surface area contributed by atoms with E-state index in [9.17, 15) is 13.2 Å². The van der Waals surface area contributed by atoms with E-state index in [0.717, 1.165) is 11.3 Å². The van der Waals surface area contributed by atoms with E-state index in [2.05, 4.69) is 10.0 Å². The van der Waals surface area contributed by atoms with Crippen molar-refractivity contribution < 1.29 is 27.4 Å². The summed E-state index contributed by atoms with van der Waals surface area (Å²) >= 11 is 0. The van der Waals surface area contributed by atoms with Crippen LogP contribution in [0.15, 0.2) is 47.4 Å². The van der Waals surface area contributed by atoms with Crippen molar-refractivity contribution in [3.63, 3.8) is 0 Å². The molecule has 0 bridgehead atoms. The summed E-state index contributed by atoms with van der Waals surface area (Å²) in [6.45, 7) is 2.91. The lowest BCUT2D eigenvalue weighted by Crippen LogP contribution is -2.31. The van der Waals surface area contributed by atoms with E-state index in [1.54, 1.807) is 0 Å². The van der Waals surface area contributed by atoms with Gasteiger partial charge in [-0.1, -0.05) is 12.1 Å². The van der Waals surface area contributed by atoms with E-state index in [0.29, 0.717) is 31.1 Å². The number of hydrogen-bond acceptors (Lipinski definition) is 6. The van der Waals surface area contributed by atoms with E-state index in [-0.39, 0.29) is 23.8 Å². The standard InChI is InChI=1S/C21H28N2O6S/c1-16-6-4-7-17(14-16)29-13-5-11-22-21(24)10-12-23-30(25,26)18-8-9-19(27-2)20(15-18)28-3/h4,6-9,14-15,23H,5,10-13H2,1-3H3,(H,22,24). The molecule has 0 radical (unpaired) electrons. The number of hydrogen-bond donors (Lipinski definition) is 2. The van der Waals surface area contributed by atoms with Gasteiger partial charge in [0.15, 0.2) is 11.5 Å². The number of ether oxygens (including phenoxy) is 3. The molecule has 30 heavy (non-hydrogen) atoms. The maximum Gasteiger partial charge on any atom is 0.240 e. The number of nitrogens with one attached hydrogen (secondary N) is 2. The molecule has 0 heterocycles. The van der Waals surface area contributed by atoms with Gasteiger partial charge in [0.1, 0.15) is 5.75 Å². The van der Waals surface area contributed by atoms with Crippen molar-refractivity contribution in [2.24, 2.45) is 0 Å². The summed E-state index contributed by atoms with van der Waals surface area (Å²) in [4.78, 5) is 11.9. The Kier molecular flexibility index (Phi) is 8.94. The highest BCUT2D eigenvalue weighted by Gasteiger charge is 2.17. The first-order valence-corrected chi connectivity index (χ1v) is 11.0.